The van der Waals surface area contributed by atoms with Gasteiger partial charge >= 0.3 is 5.69 Å². The van der Waals surface area contributed by atoms with E-state index in [0.717, 1.165) is 10.8 Å². The molecule has 8 nitrogen and oxygen atoms in total. The molecule has 1 amide bonds. The fraction of sp³-hybridized carbons (Fsp3) is 0.545. The Hall–Kier alpha value is -1.61. The molecule has 0 spiro atoms. The number of rotatable bonds is 5. The Balaban J connectivity index is 3.08. The highest BCUT2D eigenvalue weighted by atomic mass is 35.7. The summed E-state index contributed by atoms with van der Waals surface area (Å²) < 4.78 is 23.2. The Morgan fingerprint density at radius 2 is 1.95 bits per heavy atom. The van der Waals surface area contributed by atoms with Crippen LogP contribution in [0.5, 0.6) is 0 Å². The summed E-state index contributed by atoms with van der Waals surface area (Å²) in [7, 11) is 0.779. The van der Waals surface area contributed by atoms with Gasteiger partial charge in [-0.05, 0) is 12.8 Å². The molecule has 118 valence electrons. The second-order valence-electron chi connectivity index (χ2n) is 4.92. The van der Waals surface area contributed by atoms with E-state index >= 15 is 0 Å². The van der Waals surface area contributed by atoms with Crippen molar-refractivity contribution in [3.05, 3.63) is 27.0 Å². The first-order valence-corrected chi connectivity index (χ1v) is 8.41. The number of H-pyrrole nitrogens is 1. The number of hydrogen-bond acceptors (Lipinski definition) is 5. The molecule has 2 N–H and O–H groups in total. The average molecular weight is 338 g/mol. The summed E-state index contributed by atoms with van der Waals surface area (Å²) in [5.74, 6) is -0.289. The van der Waals surface area contributed by atoms with Gasteiger partial charge in [-0.1, -0.05) is 13.8 Å². The zero-order valence-corrected chi connectivity index (χ0v) is 13.3. The van der Waals surface area contributed by atoms with Gasteiger partial charge in [0.2, 0.25) is 5.91 Å². The standard InChI is InChI=1S/C11H16ClN3O5S/c1-6(2)7(3)13-9(16)5-15-4-8(21(12,19)20)10(17)14-11(15)18/h4,6-7H,5H2,1-3H3,(H,13,16)(H,14,17,18). The van der Waals surface area contributed by atoms with Crippen molar-refractivity contribution in [2.24, 2.45) is 5.92 Å². The molecule has 0 aliphatic heterocycles. The van der Waals surface area contributed by atoms with Gasteiger partial charge in [-0.15, -0.1) is 0 Å². The molecule has 0 fully saturated rings. The van der Waals surface area contributed by atoms with Crippen LogP contribution in [0, 0.1) is 5.92 Å². The van der Waals surface area contributed by atoms with Gasteiger partial charge in [0.25, 0.3) is 14.6 Å². The Bertz CT molecular complexity index is 750. The van der Waals surface area contributed by atoms with Crippen LogP contribution in [0.4, 0.5) is 0 Å². The second-order valence-corrected chi connectivity index (χ2v) is 7.45. The van der Waals surface area contributed by atoms with Crippen LogP contribution in [0.2, 0.25) is 0 Å². The summed E-state index contributed by atoms with van der Waals surface area (Å²) in [5.41, 5.74) is -2.02. The van der Waals surface area contributed by atoms with E-state index in [4.69, 9.17) is 10.7 Å². The topological polar surface area (TPSA) is 118 Å². The Morgan fingerprint density at radius 3 is 2.43 bits per heavy atom. The van der Waals surface area contributed by atoms with Crippen LogP contribution in [-0.4, -0.2) is 29.9 Å². The molecular weight excluding hydrogens is 322 g/mol. The van der Waals surface area contributed by atoms with E-state index in [1.807, 2.05) is 13.8 Å². The third-order valence-electron chi connectivity index (χ3n) is 2.94. The van der Waals surface area contributed by atoms with Crippen LogP contribution >= 0.6 is 10.7 Å². The molecule has 1 heterocycles. The zero-order chi connectivity index (χ0) is 16.4. The first kappa shape index (κ1) is 17.4. The quantitative estimate of drug-likeness (QED) is 0.710. The number of aromatic amines is 1. The van der Waals surface area contributed by atoms with E-state index in [1.54, 1.807) is 11.9 Å². The monoisotopic (exact) mass is 337 g/mol. The van der Waals surface area contributed by atoms with Gasteiger partial charge in [-0.2, -0.15) is 0 Å². The predicted octanol–water partition coefficient (Wildman–Crippen LogP) is -0.375. The highest BCUT2D eigenvalue weighted by Gasteiger charge is 2.18. The maximum Gasteiger partial charge on any atom is 0.328 e. The number of nitrogens with zero attached hydrogens (tertiary/aromatic N) is 1. The lowest BCUT2D eigenvalue weighted by molar-refractivity contribution is -0.122. The Kier molecular flexibility index (Phi) is 5.35. The Labute approximate surface area is 125 Å². The molecule has 10 heteroatoms. The molecule has 0 aliphatic rings. The summed E-state index contributed by atoms with van der Waals surface area (Å²) >= 11 is 0. The number of carbonyl (C=O) groups excluding carboxylic acids is 1. The van der Waals surface area contributed by atoms with Crippen LogP contribution in [0.25, 0.3) is 0 Å². The van der Waals surface area contributed by atoms with E-state index in [1.165, 1.54) is 0 Å². The molecule has 0 radical (unpaired) electrons. The van der Waals surface area contributed by atoms with Crippen molar-refractivity contribution >= 4 is 25.6 Å². The molecule has 1 atom stereocenters. The molecular formula is C11H16ClN3O5S. The molecule has 1 aromatic heterocycles. The van der Waals surface area contributed by atoms with Crippen molar-refractivity contribution in [1.29, 1.82) is 0 Å². The molecule has 1 aromatic rings. The van der Waals surface area contributed by atoms with Gasteiger partial charge in [-0.25, -0.2) is 13.2 Å². The van der Waals surface area contributed by atoms with Crippen molar-refractivity contribution in [3.8, 4) is 0 Å². The van der Waals surface area contributed by atoms with Crippen molar-refractivity contribution in [2.75, 3.05) is 0 Å². The smallest absolute Gasteiger partial charge is 0.328 e. The summed E-state index contributed by atoms with van der Waals surface area (Å²) in [6, 6.07) is -0.118. The molecule has 0 saturated carbocycles. The van der Waals surface area contributed by atoms with Crippen LogP contribution < -0.4 is 16.6 Å². The molecule has 1 unspecified atom stereocenters. The maximum absolute atomic E-state index is 11.8. The number of halogens is 1. The van der Waals surface area contributed by atoms with Crippen LogP contribution in [0.1, 0.15) is 20.8 Å². The lowest BCUT2D eigenvalue weighted by atomic mass is 10.1. The highest BCUT2D eigenvalue weighted by Crippen LogP contribution is 2.07. The van der Waals surface area contributed by atoms with Crippen LogP contribution in [0.15, 0.2) is 20.7 Å². The average Bonchev–Trinajstić information content (AvgIpc) is 2.30. The minimum Gasteiger partial charge on any atom is -0.352 e. The van der Waals surface area contributed by atoms with Crippen molar-refractivity contribution in [2.45, 2.75) is 38.3 Å². The third kappa shape index (κ3) is 4.71. The van der Waals surface area contributed by atoms with Crippen molar-refractivity contribution in [1.82, 2.24) is 14.9 Å². The fourth-order valence-electron chi connectivity index (χ4n) is 1.40. The molecule has 0 aliphatic carbocycles. The minimum absolute atomic E-state index is 0.118. The lowest BCUT2D eigenvalue weighted by Crippen LogP contribution is -2.41. The van der Waals surface area contributed by atoms with E-state index in [9.17, 15) is 22.8 Å². The van der Waals surface area contributed by atoms with E-state index in [-0.39, 0.29) is 12.0 Å². The molecule has 1 rings (SSSR count). The number of carbonyl (C=O) groups is 1. The molecule has 21 heavy (non-hydrogen) atoms. The highest BCUT2D eigenvalue weighted by molar-refractivity contribution is 8.13. The third-order valence-corrected chi connectivity index (χ3v) is 4.26. The second kappa shape index (κ2) is 6.44. The van der Waals surface area contributed by atoms with Crippen molar-refractivity contribution < 1.29 is 13.2 Å². The first-order valence-electron chi connectivity index (χ1n) is 6.10. The fourth-order valence-corrected chi connectivity index (χ4v) is 2.26. The number of hydrogen-bond donors (Lipinski definition) is 2. The van der Waals surface area contributed by atoms with Gasteiger partial charge in [-0.3, -0.25) is 19.1 Å². The summed E-state index contributed by atoms with van der Waals surface area (Å²) in [4.78, 5) is 35.7. The number of aromatic nitrogens is 2. The summed E-state index contributed by atoms with van der Waals surface area (Å²) in [6.45, 7) is 5.20. The number of amides is 1. The van der Waals surface area contributed by atoms with E-state index in [0.29, 0.717) is 0 Å². The number of nitrogens with one attached hydrogen (secondary N) is 2. The van der Waals surface area contributed by atoms with Crippen molar-refractivity contribution in [3.63, 3.8) is 0 Å². The first-order chi connectivity index (χ1) is 9.52. The van der Waals surface area contributed by atoms with Crippen LogP contribution in [0.3, 0.4) is 0 Å². The predicted molar refractivity (Wildman–Crippen MR) is 76.8 cm³/mol. The molecule has 0 saturated heterocycles. The normalized spacial score (nSPS) is 13.2. The van der Waals surface area contributed by atoms with Gasteiger partial charge in [0.05, 0.1) is 0 Å². The molecule has 0 aromatic carbocycles. The largest absolute Gasteiger partial charge is 0.352 e. The van der Waals surface area contributed by atoms with Gasteiger partial charge in [0.1, 0.15) is 6.54 Å². The Morgan fingerprint density at radius 1 is 1.38 bits per heavy atom. The van der Waals surface area contributed by atoms with Crippen LogP contribution in [-0.2, 0) is 20.4 Å². The van der Waals surface area contributed by atoms with Gasteiger partial charge in [0, 0.05) is 22.9 Å². The maximum atomic E-state index is 11.8. The van der Waals surface area contributed by atoms with E-state index in [2.05, 4.69) is 5.32 Å². The van der Waals surface area contributed by atoms with Gasteiger partial charge < -0.3 is 5.32 Å². The summed E-state index contributed by atoms with van der Waals surface area (Å²) in [5, 5.41) is 2.65. The lowest BCUT2D eigenvalue weighted by Gasteiger charge is -2.17. The zero-order valence-electron chi connectivity index (χ0n) is 11.7. The van der Waals surface area contributed by atoms with Gasteiger partial charge in [0.15, 0.2) is 4.90 Å². The summed E-state index contributed by atoms with van der Waals surface area (Å²) in [6.07, 6.45) is 0.753. The molecule has 0 bridgehead atoms. The minimum atomic E-state index is -4.31. The van der Waals surface area contributed by atoms with E-state index < -0.39 is 37.6 Å². The SMILES string of the molecule is CC(C)C(C)NC(=O)Cn1cc(S(=O)(=O)Cl)c(=O)[nH]c1=O.